The number of benzene rings is 1. The predicted octanol–water partition coefficient (Wildman–Crippen LogP) is 2.73. The fourth-order valence-electron chi connectivity index (χ4n) is 4.46. The van der Waals surface area contributed by atoms with Gasteiger partial charge in [-0.2, -0.15) is 0 Å². The number of piperidine rings is 1. The molecule has 0 saturated carbocycles. The number of hydrogen-bond donors (Lipinski definition) is 1. The standard InChI is InChI=1S/C24H35N3O3/c1-3-30-24(29)22-14-18(2)11-13-27(22)23(28)21(25)15-20-10-7-12-26(17-20)16-19-8-5-4-6-9-19/h4-6,8-10,18,21-22H,3,7,11-17,25H2,1-2H3/t18-,21?,22-/m1/s1. The zero-order chi connectivity index (χ0) is 21.5. The van der Waals surface area contributed by atoms with Crippen molar-refractivity contribution in [2.75, 3.05) is 26.2 Å². The highest BCUT2D eigenvalue weighted by Gasteiger charge is 2.37. The van der Waals surface area contributed by atoms with Crippen LogP contribution in [0, 0.1) is 5.92 Å². The van der Waals surface area contributed by atoms with Gasteiger partial charge in [-0.05, 0) is 44.1 Å². The van der Waals surface area contributed by atoms with Crippen molar-refractivity contribution >= 4 is 11.9 Å². The highest BCUT2D eigenvalue weighted by molar-refractivity contribution is 5.88. The van der Waals surface area contributed by atoms with Crippen molar-refractivity contribution in [2.24, 2.45) is 11.7 Å². The highest BCUT2D eigenvalue weighted by atomic mass is 16.5. The Kier molecular flexibility index (Phi) is 8.05. The van der Waals surface area contributed by atoms with Crippen LogP contribution in [0.5, 0.6) is 0 Å². The lowest BCUT2D eigenvalue weighted by atomic mass is 9.91. The first-order valence-electron chi connectivity index (χ1n) is 11.1. The number of nitrogens with two attached hydrogens (primary N) is 1. The number of hydrogen-bond acceptors (Lipinski definition) is 5. The first kappa shape index (κ1) is 22.5. The van der Waals surface area contributed by atoms with Gasteiger partial charge in [0.25, 0.3) is 0 Å². The minimum absolute atomic E-state index is 0.138. The first-order chi connectivity index (χ1) is 14.5. The molecule has 0 spiro atoms. The Morgan fingerprint density at radius 2 is 2.00 bits per heavy atom. The average Bonchev–Trinajstić information content (AvgIpc) is 2.74. The van der Waals surface area contributed by atoms with E-state index in [4.69, 9.17) is 10.5 Å². The first-order valence-corrected chi connectivity index (χ1v) is 11.1. The van der Waals surface area contributed by atoms with E-state index in [1.54, 1.807) is 11.8 Å². The molecule has 2 N–H and O–H groups in total. The maximum Gasteiger partial charge on any atom is 0.328 e. The average molecular weight is 414 g/mol. The number of amides is 1. The van der Waals surface area contributed by atoms with Gasteiger partial charge in [-0.15, -0.1) is 0 Å². The van der Waals surface area contributed by atoms with Crippen LogP contribution >= 0.6 is 0 Å². The Labute approximate surface area is 180 Å². The number of rotatable bonds is 7. The van der Waals surface area contributed by atoms with Gasteiger partial charge in [0.05, 0.1) is 12.6 Å². The van der Waals surface area contributed by atoms with Crippen molar-refractivity contribution in [1.29, 1.82) is 0 Å². The molecule has 0 aromatic heterocycles. The van der Waals surface area contributed by atoms with Crippen LogP contribution in [0.25, 0.3) is 0 Å². The molecule has 3 atom stereocenters. The topological polar surface area (TPSA) is 75.9 Å². The van der Waals surface area contributed by atoms with E-state index in [9.17, 15) is 9.59 Å². The maximum absolute atomic E-state index is 13.1. The molecule has 6 nitrogen and oxygen atoms in total. The fraction of sp³-hybridized carbons (Fsp3) is 0.583. The van der Waals surface area contributed by atoms with E-state index >= 15 is 0 Å². The molecule has 164 valence electrons. The number of esters is 1. The molecule has 3 rings (SSSR count). The smallest absolute Gasteiger partial charge is 0.328 e. The van der Waals surface area contributed by atoms with Crippen LogP contribution in [0.2, 0.25) is 0 Å². The third kappa shape index (κ3) is 5.92. The molecule has 1 aromatic carbocycles. The van der Waals surface area contributed by atoms with Crippen LogP contribution in [0.4, 0.5) is 0 Å². The van der Waals surface area contributed by atoms with Crippen molar-refractivity contribution in [3.05, 3.63) is 47.5 Å². The molecule has 0 radical (unpaired) electrons. The second kappa shape index (κ2) is 10.7. The summed E-state index contributed by atoms with van der Waals surface area (Å²) in [4.78, 5) is 29.6. The number of nitrogens with zero attached hydrogens (tertiary/aromatic N) is 2. The van der Waals surface area contributed by atoms with Gasteiger partial charge in [0.1, 0.15) is 6.04 Å². The fourth-order valence-corrected chi connectivity index (χ4v) is 4.46. The van der Waals surface area contributed by atoms with E-state index in [0.29, 0.717) is 31.9 Å². The zero-order valence-corrected chi connectivity index (χ0v) is 18.3. The Balaban J connectivity index is 1.58. The molecule has 2 aliphatic rings. The Bertz CT molecular complexity index is 749. The predicted molar refractivity (Wildman–Crippen MR) is 118 cm³/mol. The van der Waals surface area contributed by atoms with E-state index in [0.717, 1.165) is 32.5 Å². The summed E-state index contributed by atoms with van der Waals surface area (Å²) in [6, 6.07) is 9.29. The van der Waals surface area contributed by atoms with E-state index in [2.05, 4.69) is 42.2 Å². The van der Waals surface area contributed by atoms with E-state index in [-0.39, 0.29) is 11.9 Å². The second-order valence-corrected chi connectivity index (χ2v) is 8.59. The minimum atomic E-state index is -0.627. The summed E-state index contributed by atoms with van der Waals surface area (Å²) < 4.78 is 5.22. The summed E-state index contributed by atoms with van der Waals surface area (Å²) in [7, 11) is 0. The molecule has 1 fully saturated rings. The van der Waals surface area contributed by atoms with Gasteiger partial charge in [-0.1, -0.05) is 48.9 Å². The van der Waals surface area contributed by atoms with E-state index in [1.807, 2.05) is 6.07 Å². The highest BCUT2D eigenvalue weighted by Crippen LogP contribution is 2.25. The van der Waals surface area contributed by atoms with Gasteiger partial charge < -0.3 is 15.4 Å². The van der Waals surface area contributed by atoms with Crippen molar-refractivity contribution in [3.8, 4) is 0 Å². The van der Waals surface area contributed by atoms with Crippen LogP contribution < -0.4 is 5.73 Å². The quantitative estimate of drug-likeness (QED) is 0.549. The summed E-state index contributed by atoms with van der Waals surface area (Å²) in [5, 5.41) is 0. The number of likely N-dealkylation sites (tertiary alicyclic amines) is 1. The van der Waals surface area contributed by atoms with Crippen molar-refractivity contribution < 1.29 is 14.3 Å². The van der Waals surface area contributed by atoms with Gasteiger partial charge in [0.2, 0.25) is 5.91 Å². The molecular weight excluding hydrogens is 378 g/mol. The molecule has 1 amide bonds. The number of ether oxygens (including phenoxy) is 1. The molecule has 6 heteroatoms. The third-order valence-corrected chi connectivity index (χ3v) is 6.06. The molecule has 30 heavy (non-hydrogen) atoms. The summed E-state index contributed by atoms with van der Waals surface area (Å²) in [5.74, 6) is -0.0520. The number of carbonyl (C=O) groups is 2. The van der Waals surface area contributed by atoms with Crippen LogP contribution in [0.15, 0.2) is 42.0 Å². The second-order valence-electron chi connectivity index (χ2n) is 8.59. The Morgan fingerprint density at radius 3 is 2.73 bits per heavy atom. The summed E-state index contributed by atoms with van der Waals surface area (Å²) >= 11 is 0. The lowest BCUT2D eigenvalue weighted by molar-refractivity contribution is -0.158. The number of carbonyl (C=O) groups excluding carboxylic acids is 2. The Hall–Kier alpha value is -2.18. The normalized spacial score (nSPS) is 23.6. The van der Waals surface area contributed by atoms with E-state index < -0.39 is 12.1 Å². The molecular formula is C24H35N3O3. The monoisotopic (exact) mass is 413 g/mol. The molecule has 1 saturated heterocycles. The van der Waals surface area contributed by atoms with Crippen LogP contribution in [0.3, 0.4) is 0 Å². The third-order valence-electron chi connectivity index (χ3n) is 6.06. The molecule has 1 aromatic rings. The lowest BCUT2D eigenvalue weighted by Gasteiger charge is -2.38. The summed E-state index contributed by atoms with van der Waals surface area (Å²) in [5.41, 5.74) is 8.84. The van der Waals surface area contributed by atoms with Crippen LogP contribution in [-0.2, 0) is 20.9 Å². The van der Waals surface area contributed by atoms with Crippen LogP contribution in [-0.4, -0.2) is 60.0 Å². The largest absolute Gasteiger partial charge is 0.464 e. The van der Waals surface area contributed by atoms with Gasteiger partial charge in [-0.3, -0.25) is 9.69 Å². The van der Waals surface area contributed by atoms with E-state index in [1.165, 1.54) is 11.1 Å². The molecule has 0 bridgehead atoms. The lowest BCUT2D eigenvalue weighted by Crippen LogP contribution is -2.55. The SMILES string of the molecule is CCOC(=O)[C@H]1C[C@H](C)CCN1C(=O)C(N)CC1=CCCN(Cc2ccccc2)C1. The molecule has 0 aliphatic carbocycles. The van der Waals surface area contributed by atoms with Gasteiger partial charge in [0.15, 0.2) is 0 Å². The van der Waals surface area contributed by atoms with Gasteiger partial charge in [-0.25, -0.2) is 4.79 Å². The summed E-state index contributed by atoms with van der Waals surface area (Å²) in [6.45, 7) is 7.53. The maximum atomic E-state index is 13.1. The van der Waals surface area contributed by atoms with Crippen LogP contribution in [0.1, 0.15) is 45.1 Å². The van der Waals surface area contributed by atoms with Crippen molar-refractivity contribution in [1.82, 2.24) is 9.80 Å². The molecule has 2 aliphatic heterocycles. The van der Waals surface area contributed by atoms with Crippen molar-refractivity contribution in [3.63, 3.8) is 0 Å². The van der Waals surface area contributed by atoms with Gasteiger partial charge >= 0.3 is 5.97 Å². The Morgan fingerprint density at radius 1 is 1.23 bits per heavy atom. The summed E-state index contributed by atoms with van der Waals surface area (Å²) in [6.07, 6.45) is 5.25. The minimum Gasteiger partial charge on any atom is -0.464 e. The molecule has 2 heterocycles. The zero-order valence-electron chi connectivity index (χ0n) is 18.3. The van der Waals surface area contributed by atoms with Gasteiger partial charge in [0, 0.05) is 26.2 Å². The van der Waals surface area contributed by atoms with Crippen molar-refractivity contribution in [2.45, 2.75) is 58.2 Å². The molecule has 1 unspecified atom stereocenters.